The van der Waals surface area contributed by atoms with Gasteiger partial charge in [0.2, 0.25) is 0 Å². The molecule has 0 bridgehead atoms. The average Bonchev–Trinajstić information content (AvgIpc) is 2.86. The number of amides is 1. The van der Waals surface area contributed by atoms with Crippen LogP contribution >= 0.6 is 0 Å². The quantitative estimate of drug-likeness (QED) is 0.383. The molecule has 4 rings (SSSR count). The summed E-state index contributed by atoms with van der Waals surface area (Å²) < 4.78 is 12.4. The Bertz CT molecular complexity index is 1410. The first-order chi connectivity index (χ1) is 16.8. The largest absolute Gasteiger partial charge is 0.457 e. The first-order valence-corrected chi connectivity index (χ1v) is 11.2. The van der Waals surface area contributed by atoms with E-state index >= 15 is 0 Å². The zero-order valence-electron chi connectivity index (χ0n) is 19.6. The number of para-hydroxylation sites is 1. The molecule has 0 aliphatic rings. The number of hydrogen-bond acceptors (Lipinski definition) is 6. The van der Waals surface area contributed by atoms with Gasteiger partial charge in [0.15, 0.2) is 11.8 Å². The normalized spacial score (nSPS) is 11.8. The highest BCUT2D eigenvalue weighted by molar-refractivity contribution is 6.03. The number of nitrogens with one attached hydrogen (secondary N) is 1. The molecule has 35 heavy (non-hydrogen) atoms. The van der Waals surface area contributed by atoms with E-state index in [2.05, 4.69) is 10.4 Å². The molecule has 8 heteroatoms. The first-order valence-electron chi connectivity index (χ1n) is 11.2. The lowest BCUT2D eigenvalue weighted by Gasteiger charge is -2.16. The number of hydrogen-bond donors (Lipinski definition) is 1. The second kappa shape index (κ2) is 10.2. The van der Waals surface area contributed by atoms with E-state index in [9.17, 15) is 14.4 Å². The van der Waals surface area contributed by atoms with Crippen LogP contribution in [0, 0.1) is 0 Å². The van der Waals surface area contributed by atoms with Crippen LogP contribution in [0.3, 0.4) is 0 Å². The Balaban J connectivity index is 1.45. The number of carbonyl (C=O) groups is 2. The summed E-state index contributed by atoms with van der Waals surface area (Å²) in [6.07, 6.45) is -1.09. The fourth-order valence-electron chi connectivity index (χ4n) is 3.45. The molecule has 1 aromatic heterocycles. The highest BCUT2D eigenvalue weighted by atomic mass is 16.5. The third kappa shape index (κ3) is 5.38. The van der Waals surface area contributed by atoms with Crippen molar-refractivity contribution in [2.75, 3.05) is 5.32 Å². The van der Waals surface area contributed by atoms with Gasteiger partial charge in [0.1, 0.15) is 11.5 Å². The van der Waals surface area contributed by atoms with Gasteiger partial charge in [-0.3, -0.25) is 9.59 Å². The lowest BCUT2D eigenvalue weighted by molar-refractivity contribution is -0.123. The van der Waals surface area contributed by atoms with Crippen LogP contribution in [-0.4, -0.2) is 27.8 Å². The van der Waals surface area contributed by atoms with Crippen molar-refractivity contribution < 1.29 is 19.1 Å². The van der Waals surface area contributed by atoms with Crippen molar-refractivity contribution in [1.29, 1.82) is 0 Å². The van der Waals surface area contributed by atoms with Crippen LogP contribution in [0.15, 0.2) is 83.7 Å². The number of anilines is 1. The molecular formula is C27H25N3O5. The fraction of sp³-hybridized carbons (Fsp3) is 0.185. The van der Waals surface area contributed by atoms with Gasteiger partial charge in [-0.1, -0.05) is 36.4 Å². The van der Waals surface area contributed by atoms with Gasteiger partial charge >= 0.3 is 5.97 Å². The third-order valence-electron chi connectivity index (χ3n) is 5.26. The molecule has 0 spiro atoms. The zero-order valence-corrected chi connectivity index (χ0v) is 19.6. The van der Waals surface area contributed by atoms with Crippen LogP contribution in [0.1, 0.15) is 37.3 Å². The van der Waals surface area contributed by atoms with Gasteiger partial charge in [-0.15, -0.1) is 0 Å². The summed E-state index contributed by atoms with van der Waals surface area (Å²) in [7, 11) is 0. The summed E-state index contributed by atoms with van der Waals surface area (Å²) in [6.45, 7) is 5.07. The molecule has 1 atom stereocenters. The second-order valence-corrected chi connectivity index (χ2v) is 8.21. The van der Waals surface area contributed by atoms with E-state index in [0.29, 0.717) is 28.0 Å². The van der Waals surface area contributed by atoms with Gasteiger partial charge in [-0.05, 0) is 63.2 Å². The number of nitrogens with zero attached hydrogens (tertiary/aromatic N) is 2. The first kappa shape index (κ1) is 23.7. The highest BCUT2D eigenvalue weighted by Gasteiger charge is 2.24. The Morgan fingerprint density at radius 1 is 0.829 bits per heavy atom. The summed E-state index contributed by atoms with van der Waals surface area (Å²) >= 11 is 0. The van der Waals surface area contributed by atoms with Crippen molar-refractivity contribution >= 4 is 28.3 Å². The molecule has 3 aromatic carbocycles. The fourth-order valence-corrected chi connectivity index (χ4v) is 3.45. The number of ether oxygens (including phenoxy) is 2. The van der Waals surface area contributed by atoms with Crippen LogP contribution in [0.25, 0.3) is 10.8 Å². The Labute approximate surface area is 202 Å². The minimum absolute atomic E-state index is 0.0176. The summed E-state index contributed by atoms with van der Waals surface area (Å²) in [6, 6.07) is 22.6. The van der Waals surface area contributed by atoms with E-state index in [1.165, 1.54) is 11.6 Å². The van der Waals surface area contributed by atoms with Crippen LogP contribution in [0.4, 0.5) is 5.69 Å². The van der Waals surface area contributed by atoms with Crippen molar-refractivity contribution in [2.24, 2.45) is 0 Å². The van der Waals surface area contributed by atoms with E-state index in [0.717, 1.165) is 0 Å². The van der Waals surface area contributed by atoms with Gasteiger partial charge in [0, 0.05) is 11.1 Å². The van der Waals surface area contributed by atoms with Gasteiger partial charge in [-0.2, -0.15) is 5.10 Å². The predicted molar refractivity (Wildman–Crippen MR) is 133 cm³/mol. The summed E-state index contributed by atoms with van der Waals surface area (Å²) in [4.78, 5) is 38.3. The minimum Gasteiger partial charge on any atom is -0.457 e. The topological polar surface area (TPSA) is 99.5 Å². The predicted octanol–water partition coefficient (Wildman–Crippen LogP) is 4.95. The minimum atomic E-state index is -1.09. The van der Waals surface area contributed by atoms with Crippen LogP contribution in [0.2, 0.25) is 0 Å². The molecule has 1 amide bonds. The molecule has 1 heterocycles. The molecule has 4 aromatic rings. The lowest BCUT2D eigenvalue weighted by atomic mass is 10.1. The highest BCUT2D eigenvalue weighted by Crippen LogP contribution is 2.23. The van der Waals surface area contributed by atoms with Crippen molar-refractivity contribution in [1.82, 2.24) is 9.78 Å². The van der Waals surface area contributed by atoms with Gasteiger partial charge in [0.05, 0.1) is 11.4 Å². The SMILES string of the molecule is CC(OC(=O)c1nn(C(C)C)c(=O)c2ccccc12)C(=O)Nc1ccc(Oc2ccccc2)cc1. The molecule has 0 radical (unpaired) electrons. The maximum absolute atomic E-state index is 12.9. The number of carbonyl (C=O) groups excluding carboxylic acids is 2. The number of esters is 1. The molecule has 0 fully saturated rings. The summed E-state index contributed by atoms with van der Waals surface area (Å²) in [5.41, 5.74) is 0.212. The van der Waals surface area contributed by atoms with Crippen molar-refractivity contribution in [3.63, 3.8) is 0 Å². The van der Waals surface area contributed by atoms with Gasteiger partial charge in [-0.25, -0.2) is 9.48 Å². The molecule has 1 unspecified atom stereocenters. The van der Waals surface area contributed by atoms with E-state index < -0.39 is 18.0 Å². The maximum atomic E-state index is 12.9. The van der Waals surface area contributed by atoms with Crippen molar-refractivity contribution in [3.05, 3.63) is 94.9 Å². The third-order valence-corrected chi connectivity index (χ3v) is 5.26. The summed E-state index contributed by atoms with van der Waals surface area (Å²) in [5, 5.41) is 7.68. The molecule has 0 aliphatic carbocycles. The number of aromatic nitrogens is 2. The maximum Gasteiger partial charge on any atom is 0.360 e. The molecule has 0 saturated carbocycles. The Kier molecular flexibility index (Phi) is 6.91. The average molecular weight is 472 g/mol. The Morgan fingerprint density at radius 3 is 2.09 bits per heavy atom. The smallest absolute Gasteiger partial charge is 0.360 e. The number of rotatable bonds is 7. The molecule has 0 aliphatic heterocycles. The van der Waals surface area contributed by atoms with Gasteiger partial charge < -0.3 is 14.8 Å². The van der Waals surface area contributed by atoms with Crippen LogP contribution < -0.4 is 15.6 Å². The van der Waals surface area contributed by atoms with Crippen LogP contribution in [0.5, 0.6) is 11.5 Å². The Hall–Kier alpha value is -4.46. The molecule has 178 valence electrons. The van der Waals surface area contributed by atoms with E-state index in [1.54, 1.807) is 62.4 Å². The zero-order chi connectivity index (χ0) is 24.9. The number of benzene rings is 3. The Morgan fingerprint density at radius 2 is 1.43 bits per heavy atom. The van der Waals surface area contributed by atoms with E-state index in [4.69, 9.17) is 9.47 Å². The van der Waals surface area contributed by atoms with Crippen LogP contribution in [-0.2, 0) is 9.53 Å². The molecule has 1 N–H and O–H groups in total. The molecular weight excluding hydrogens is 446 g/mol. The number of fused-ring (bicyclic) bond motifs is 1. The molecule has 8 nitrogen and oxygen atoms in total. The standard InChI is InChI=1S/C27H25N3O5/c1-17(2)30-26(32)23-12-8-7-11-22(23)24(29-30)27(33)34-18(3)25(31)28-19-13-15-21(16-14-19)35-20-9-5-4-6-10-20/h4-18H,1-3H3,(H,28,31). The van der Waals surface area contributed by atoms with Crippen molar-refractivity contribution in [2.45, 2.75) is 32.9 Å². The van der Waals surface area contributed by atoms with E-state index in [1.807, 2.05) is 30.3 Å². The summed E-state index contributed by atoms with van der Waals surface area (Å²) in [5.74, 6) is 0.0306. The second-order valence-electron chi connectivity index (χ2n) is 8.21. The van der Waals surface area contributed by atoms with E-state index in [-0.39, 0.29) is 17.3 Å². The monoisotopic (exact) mass is 471 g/mol. The van der Waals surface area contributed by atoms with Gasteiger partial charge in [0.25, 0.3) is 11.5 Å². The van der Waals surface area contributed by atoms with Crippen molar-refractivity contribution in [3.8, 4) is 11.5 Å². The molecule has 0 saturated heterocycles. The lowest BCUT2D eigenvalue weighted by Crippen LogP contribution is -2.32.